The topological polar surface area (TPSA) is 84.1 Å². The number of benzene rings is 1. The van der Waals surface area contributed by atoms with Crippen LogP contribution in [0.1, 0.15) is 48.4 Å². The molecule has 1 fully saturated rings. The van der Waals surface area contributed by atoms with Crippen molar-refractivity contribution >= 4 is 15.6 Å². The molecule has 1 aliphatic rings. The summed E-state index contributed by atoms with van der Waals surface area (Å²) in [5.74, 6) is 0.498. The Morgan fingerprint density at radius 3 is 2.35 bits per heavy atom. The van der Waals surface area contributed by atoms with Crippen LogP contribution in [0.15, 0.2) is 46.1 Å². The largest absolute Gasteiger partial charge is 0.325 e. The fourth-order valence-corrected chi connectivity index (χ4v) is 4.21. The summed E-state index contributed by atoms with van der Waals surface area (Å²) in [5, 5.41) is 0. The lowest BCUT2D eigenvalue weighted by Crippen LogP contribution is -2.16. The van der Waals surface area contributed by atoms with Crippen molar-refractivity contribution in [3.05, 3.63) is 63.6 Å². The third kappa shape index (κ3) is 4.12. The van der Waals surface area contributed by atoms with Gasteiger partial charge in [-0.25, -0.2) is 8.42 Å². The zero-order valence-corrected chi connectivity index (χ0v) is 15.8. The van der Waals surface area contributed by atoms with Crippen LogP contribution in [-0.2, 0) is 14.6 Å². The number of aryl methyl sites for hydroxylation is 1. The number of pyridine rings is 1. The number of H-pyrrole nitrogens is 1. The molecule has 3 rings (SSSR count). The van der Waals surface area contributed by atoms with Gasteiger partial charge in [-0.2, -0.15) is 0 Å². The number of aromatic amines is 1. The third-order valence-electron chi connectivity index (χ3n) is 5.13. The summed E-state index contributed by atoms with van der Waals surface area (Å²) >= 11 is 0. The van der Waals surface area contributed by atoms with Crippen molar-refractivity contribution in [3.63, 3.8) is 0 Å². The highest BCUT2D eigenvalue weighted by Gasteiger charge is 2.27. The van der Waals surface area contributed by atoms with Gasteiger partial charge >= 0.3 is 0 Å². The fourth-order valence-electron chi connectivity index (χ4n) is 3.58. The molecule has 1 heterocycles. The van der Waals surface area contributed by atoms with Crippen LogP contribution < -0.4 is 5.56 Å². The van der Waals surface area contributed by atoms with Crippen LogP contribution in [0.3, 0.4) is 0 Å². The van der Waals surface area contributed by atoms with Gasteiger partial charge in [0.15, 0.2) is 9.84 Å². The number of hydrogen-bond donors (Lipinski definition) is 1. The van der Waals surface area contributed by atoms with E-state index >= 15 is 0 Å². The van der Waals surface area contributed by atoms with Crippen LogP contribution in [0.25, 0.3) is 0 Å². The molecule has 1 N–H and O–H groups in total. The molecule has 26 heavy (non-hydrogen) atoms. The summed E-state index contributed by atoms with van der Waals surface area (Å²) in [7, 11) is -3.25. The van der Waals surface area contributed by atoms with E-state index in [1.165, 1.54) is 6.26 Å². The molecule has 138 valence electrons. The second kappa shape index (κ2) is 7.19. The molecule has 1 aromatic heterocycles. The quantitative estimate of drug-likeness (QED) is 0.873. The summed E-state index contributed by atoms with van der Waals surface area (Å²) in [6.45, 7) is 1.76. The maximum Gasteiger partial charge on any atom is 0.251 e. The second-order valence-corrected chi connectivity index (χ2v) is 9.22. The molecule has 1 saturated carbocycles. The maximum atomic E-state index is 12.1. The van der Waals surface area contributed by atoms with Crippen LogP contribution in [-0.4, -0.2) is 25.4 Å². The zero-order chi connectivity index (χ0) is 18.9. The average molecular weight is 373 g/mol. The molecular formula is C20H23NO4S. The molecule has 6 heteroatoms. The number of Topliss-reactive ketones (excluding diaryl/α,β-unsaturated/α-hetero) is 1. The second-order valence-electron chi connectivity index (χ2n) is 7.20. The van der Waals surface area contributed by atoms with Crippen molar-refractivity contribution < 1.29 is 13.2 Å². The molecule has 0 aliphatic heterocycles. The van der Waals surface area contributed by atoms with Gasteiger partial charge in [0.05, 0.1) is 4.90 Å². The van der Waals surface area contributed by atoms with Crippen molar-refractivity contribution in [2.24, 2.45) is 5.92 Å². The lowest BCUT2D eigenvalue weighted by molar-refractivity contribution is -0.117. The number of carbonyl (C=O) groups excluding carboxylic acids is 1. The Morgan fingerprint density at radius 2 is 1.81 bits per heavy atom. The first-order chi connectivity index (χ1) is 12.2. The highest BCUT2D eigenvalue weighted by molar-refractivity contribution is 7.90. The molecule has 0 bridgehead atoms. The Kier molecular flexibility index (Phi) is 5.14. The lowest BCUT2D eigenvalue weighted by atomic mass is 9.85. The monoisotopic (exact) mass is 373 g/mol. The summed E-state index contributed by atoms with van der Waals surface area (Å²) in [5.41, 5.74) is 2.27. The number of nitrogens with one attached hydrogen (secondary N) is 1. The van der Waals surface area contributed by atoms with Gasteiger partial charge in [0, 0.05) is 36.3 Å². The predicted molar refractivity (Wildman–Crippen MR) is 100 cm³/mol. The van der Waals surface area contributed by atoms with E-state index in [4.69, 9.17) is 0 Å². The van der Waals surface area contributed by atoms with Gasteiger partial charge in [-0.3, -0.25) is 9.59 Å². The predicted octanol–water partition coefficient (Wildman–Crippen LogP) is 2.98. The zero-order valence-electron chi connectivity index (χ0n) is 15.0. The van der Waals surface area contributed by atoms with Gasteiger partial charge in [0.1, 0.15) is 5.78 Å². The Labute approximate surface area is 153 Å². The van der Waals surface area contributed by atoms with E-state index in [2.05, 4.69) is 4.98 Å². The first-order valence-electron chi connectivity index (χ1n) is 8.75. The van der Waals surface area contributed by atoms with Gasteiger partial charge in [-0.15, -0.1) is 0 Å². The number of rotatable bonds is 5. The van der Waals surface area contributed by atoms with Gasteiger partial charge < -0.3 is 4.98 Å². The van der Waals surface area contributed by atoms with Crippen LogP contribution in [0.5, 0.6) is 0 Å². The van der Waals surface area contributed by atoms with Gasteiger partial charge in [-0.1, -0.05) is 18.2 Å². The number of sulfone groups is 1. The van der Waals surface area contributed by atoms with Crippen molar-refractivity contribution in [3.8, 4) is 0 Å². The van der Waals surface area contributed by atoms with E-state index in [9.17, 15) is 18.0 Å². The summed E-state index contributed by atoms with van der Waals surface area (Å²) in [6, 6.07) is 10.5. The highest BCUT2D eigenvalue weighted by atomic mass is 32.2. The minimum absolute atomic E-state index is 0.0761. The van der Waals surface area contributed by atoms with Gasteiger partial charge in [0.25, 0.3) is 5.56 Å². The molecule has 0 saturated heterocycles. The fraction of sp³-hybridized carbons (Fsp3) is 0.400. The van der Waals surface area contributed by atoms with Crippen molar-refractivity contribution in [1.29, 1.82) is 0 Å². The van der Waals surface area contributed by atoms with Gasteiger partial charge in [0.2, 0.25) is 0 Å². The van der Waals surface area contributed by atoms with Crippen LogP contribution in [0.2, 0.25) is 0 Å². The first kappa shape index (κ1) is 18.6. The molecular weight excluding hydrogens is 350 g/mol. The van der Waals surface area contributed by atoms with Gasteiger partial charge in [-0.05, 0) is 49.4 Å². The van der Waals surface area contributed by atoms with E-state index in [1.54, 1.807) is 37.3 Å². The molecule has 5 nitrogen and oxygen atoms in total. The summed E-state index contributed by atoms with van der Waals surface area (Å²) < 4.78 is 23.4. The third-order valence-corrected chi connectivity index (χ3v) is 6.26. The van der Waals surface area contributed by atoms with E-state index in [-0.39, 0.29) is 22.3 Å². The molecule has 2 aromatic rings. The van der Waals surface area contributed by atoms with Crippen LogP contribution >= 0.6 is 0 Å². The molecule has 0 radical (unpaired) electrons. The molecule has 0 amide bonds. The summed E-state index contributed by atoms with van der Waals surface area (Å²) in [4.78, 5) is 26.9. The molecule has 0 spiro atoms. The Hall–Kier alpha value is -2.21. The number of aromatic nitrogens is 1. The average Bonchev–Trinajstić information content (AvgIpc) is 3.00. The minimum atomic E-state index is -3.25. The smallest absolute Gasteiger partial charge is 0.251 e. The van der Waals surface area contributed by atoms with E-state index in [0.717, 1.165) is 24.1 Å². The molecule has 1 aliphatic carbocycles. The number of carbonyl (C=O) groups is 1. The molecule has 1 unspecified atom stereocenters. The number of ketones is 1. The Morgan fingerprint density at radius 1 is 1.12 bits per heavy atom. The normalized spacial score (nSPS) is 18.8. The van der Waals surface area contributed by atoms with E-state index in [1.807, 2.05) is 6.07 Å². The van der Waals surface area contributed by atoms with Crippen molar-refractivity contribution in [2.75, 3.05) is 6.26 Å². The number of hydrogen-bond acceptors (Lipinski definition) is 4. The summed E-state index contributed by atoms with van der Waals surface area (Å²) in [6.07, 6.45) is 4.00. The van der Waals surface area contributed by atoms with Crippen LogP contribution in [0, 0.1) is 12.8 Å². The Bertz CT molecular complexity index is 974. The standard InChI is InChI=1S/C20H23NO4S/c1-13-3-10-19(21-20(13)23)18(12-14-4-7-16(22)11-14)15-5-8-17(9-6-15)26(2,24)25/h3,5-6,8-10,14,18H,4,7,11-12H2,1-2H3,(H,21,23)/t14-,18?/m0/s1. The Balaban J connectivity index is 1.97. The minimum Gasteiger partial charge on any atom is -0.325 e. The maximum absolute atomic E-state index is 12.1. The van der Waals surface area contributed by atoms with E-state index < -0.39 is 9.84 Å². The lowest BCUT2D eigenvalue weighted by Gasteiger charge is -2.21. The van der Waals surface area contributed by atoms with E-state index in [0.29, 0.717) is 24.2 Å². The van der Waals surface area contributed by atoms with Crippen molar-refractivity contribution in [1.82, 2.24) is 4.98 Å². The van der Waals surface area contributed by atoms with Crippen LogP contribution in [0.4, 0.5) is 0 Å². The molecule has 2 atom stereocenters. The highest BCUT2D eigenvalue weighted by Crippen LogP contribution is 2.36. The first-order valence-corrected chi connectivity index (χ1v) is 10.6. The van der Waals surface area contributed by atoms with Crippen molar-refractivity contribution in [2.45, 2.75) is 43.4 Å². The molecule has 1 aromatic carbocycles. The SMILES string of the molecule is Cc1ccc(C(C[C@H]2CCC(=O)C2)c2ccc(S(C)(=O)=O)cc2)[nH]c1=O.